The van der Waals surface area contributed by atoms with Crippen LogP contribution in [0.15, 0.2) is 60.8 Å². The van der Waals surface area contributed by atoms with Gasteiger partial charge in [0.15, 0.2) is 5.82 Å². The van der Waals surface area contributed by atoms with Crippen molar-refractivity contribution in [2.45, 2.75) is 38.3 Å². The van der Waals surface area contributed by atoms with E-state index in [2.05, 4.69) is 21.4 Å². The Bertz CT molecular complexity index is 1120. The fourth-order valence-electron chi connectivity index (χ4n) is 3.87. The standard InChI is InChI=1S/C25H29FN6O/c1-3-25(12-14-27,13-15-31(2)17-19-8-7-9-20(26)16-19)32-18-22(23(28)33)24(30-32)29-21-10-5-4-6-11-21/h4-11,16,18H,3,12-13,15,17H2,1-2H3,(H2,28,33)(H,29,30). The summed E-state index contributed by atoms with van der Waals surface area (Å²) in [5.74, 6) is -0.496. The molecule has 3 N–H and O–H groups in total. The van der Waals surface area contributed by atoms with E-state index in [0.717, 1.165) is 11.3 Å². The van der Waals surface area contributed by atoms with Crippen LogP contribution in [0.3, 0.4) is 0 Å². The van der Waals surface area contributed by atoms with Gasteiger partial charge in [-0.1, -0.05) is 37.3 Å². The lowest BCUT2D eigenvalue weighted by molar-refractivity contribution is 0.100. The molecular weight excluding hydrogens is 419 g/mol. The van der Waals surface area contributed by atoms with Crippen molar-refractivity contribution in [3.8, 4) is 6.07 Å². The molecule has 3 rings (SSSR count). The highest BCUT2D eigenvalue weighted by Gasteiger charge is 2.33. The van der Waals surface area contributed by atoms with Crippen molar-refractivity contribution in [1.82, 2.24) is 14.7 Å². The minimum absolute atomic E-state index is 0.224. The number of rotatable bonds is 11. The summed E-state index contributed by atoms with van der Waals surface area (Å²) in [6, 6.07) is 18.2. The van der Waals surface area contributed by atoms with Gasteiger partial charge in [0, 0.05) is 25.0 Å². The molecule has 172 valence electrons. The monoisotopic (exact) mass is 448 g/mol. The van der Waals surface area contributed by atoms with Gasteiger partial charge in [0.05, 0.1) is 18.0 Å². The van der Waals surface area contributed by atoms with Crippen LogP contribution in [0.2, 0.25) is 0 Å². The lowest BCUT2D eigenvalue weighted by Gasteiger charge is -2.33. The number of nitrogens with two attached hydrogens (primary N) is 1. The zero-order chi connectivity index (χ0) is 23.8. The van der Waals surface area contributed by atoms with Gasteiger partial charge in [-0.25, -0.2) is 4.39 Å². The fourth-order valence-corrected chi connectivity index (χ4v) is 3.87. The SMILES string of the molecule is CCC(CC#N)(CCN(C)Cc1cccc(F)c1)n1cc(C(N)=O)c(Nc2ccccc2)n1. The van der Waals surface area contributed by atoms with Gasteiger partial charge in [0.1, 0.15) is 11.4 Å². The molecule has 33 heavy (non-hydrogen) atoms. The molecule has 0 aliphatic carbocycles. The molecule has 0 aliphatic heterocycles. The average Bonchev–Trinajstić information content (AvgIpc) is 3.22. The highest BCUT2D eigenvalue weighted by molar-refractivity contribution is 5.98. The summed E-state index contributed by atoms with van der Waals surface area (Å²) in [5.41, 5.74) is 6.93. The molecule has 0 saturated heterocycles. The molecule has 0 saturated carbocycles. The van der Waals surface area contributed by atoms with E-state index in [0.29, 0.717) is 31.7 Å². The number of carbonyl (C=O) groups is 1. The smallest absolute Gasteiger partial charge is 0.254 e. The maximum atomic E-state index is 13.5. The lowest BCUT2D eigenvalue weighted by atomic mass is 9.88. The molecule has 1 amide bonds. The molecule has 1 atom stereocenters. The Morgan fingerprint density at radius 1 is 1.27 bits per heavy atom. The van der Waals surface area contributed by atoms with Crippen LogP contribution in [0.25, 0.3) is 0 Å². The van der Waals surface area contributed by atoms with E-state index in [1.54, 1.807) is 16.9 Å². The first-order chi connectivity index (χ1) is 15.9. The summed E-state index contributed by atoms with van der Waals surface area (Å²) < 4.78 is 15.2. The molecule has 1 unspecified atom stereocenters. The summed E-state index contributed by atoms with van der Waals surface area (Å²) in [4.78, 5) is 14.2. The van der Waals surface area contributed by atoms with Gasteiger partial charge in [-0.3, -0.25) is 9.48 Å². The Morgan fingerprint density at radius 3 is 2.67 bits per heavy atom. The number of nitriles is 1. The number of para-hydroxylation sites is 1. The van der Waals surface area contributed by atoms with E-state index in [-0.39, 0.29) is 17.8 Å². The van der Waals surface area contributed by atoms with Crippen LogP contribution < -0.4 is 11.1 Å². The van der Waals surface area contributed by atoms with Gasteiger partial charge < -0.3 is 16.0 Å². The van der Waals surface area contributed by atoms with Crippen molar-refractivity contribution in [3.05, 3.63) is 77.7 Å². The number of nitrogens with one attached hydrogen (secondary N) is 1. The second kappa shape index (κ2) is 10.7. The molecule has 0 radical (unpaired) electrons. The van der Waals surface area contributed by atoms with Crippen LogP contribution >= 0.6 is 0 Å². The number of nitrogens with zero attached hydrogens (tertiary/aromatic N) is 4. The topological polar surface area (TPSA) is 100.0 Å². The van der Waals surface area contributed by atoms with Gasteiger partial charge in [0.25, 0.3) is 5.91 Å². The molecule has 1 aromatic heterocycles. The van der Waals surface area contributed by atoms with Crippen molar-refractivity contribution in [2.24, 2.45) is 5.73 Å². The van der Waals surface area contributed by atoms with Crippen LogP contribution in [0.1, 0.15) is 42.1 Å². The number of benzene rings is 2. The van der Waals surface area contributed by atoms with Crippen molar-refractivity contribution in [1.29, 1.82) is 5.26 Å². The predicted molar refractivity (Wildman–Crippen MR) is 126 cm³/mol. The Morgan fingerprint density at radius 2 is 2.03 bits per heavy atom. The van der Waals surface area contributed by atoms with E-state index in [1.165, 1.54) is 12.1 Å². The van der Waals surface area contributed by atoms with E-state index in [1.807, 2.05) is 50.4 Å². The second-order valence-corrected chi connectivity index (χ2v) is 8.22. The van der Waals surface area contributed by atoms with Crippen LogP contribution in [-0.4, -0.2) is 34.2 Å². The Labute approximate surface area is 193 Å². The summed E-state index contributed by atoms with van der Waals surface area (Å²) in [5, 5.41) is 17.4. The number of halogens is 1. The van der Waals surface area contributed by atoms with Gasteiger partial charge in [0.2, 0.25) is 0 Å². The lowest BCUT2D eigenvalue weighted by Crippen LogP contribution is -2.37. The number of hydrogen-bond acceptors (Lipinski definition) is 5. The molecule has 7 nitrogen and oxygen atoms in total. The number of amides is 1. The Balaban J connectivity index is 1.84. The van der Waals surface area contributed by atoms with E-state index < -0.39 is 11.4 Å². The molecule has 0 bridgehead atoms. The van der Waals surface area contributed by atoms with E-state index >= 15 is 0 Å². The average molecular weight is 449 g/mol. The third kappa shape index (κ3) is 5.96. The van der Waals surface area contributed by atoms with Gasteiger partial charge in [-0.05, 0) is 49.7 Å². The summed E-state index contributed by atoms with van der Waals surface area (Å²) in [7, 11) is 1.96. The summed E-state index contributed by atoms with van der Waals surface area (Å²) in [6.45, 7) is 3.23. The number of primary amides is 1. The van der Waals surface area contributed by atoms with Gasteiger partial charge in [-0.15, -0.1) is 0 Å². The van der Waals surface area contributed by atoms with E-state index in [4.69, 9.17) is 5.73 Å². The molecular formula is C25H29FN6O. The molecule has 0 aliphatic rings. The normalized spacial score (nSPS) is 12.8. The third-order valence-electron chi connectivity index (χ3n) is 5.87. The van der Waals surface area contributed by atoms with Crippen LogP contribution in [0.4, 0.5) is 15.9 Å². The van der Waals surface area contributed by atoms with Crippen LogP contribution in [0.5, 0.6) is 0 Å². The number of aromatic nitrogens is 2. The zero-order valence-electron chi connectivity index (χ0n) is 19.0. The first-order valence-electron chi connectivity index (χ1n) is 10.9. The number of hydrogen-bond donors (Lipinski definition) is 2. The maximum absolute atomic E-state index is 13.5. The second-order valence-electron chi connectivity index (χ2n) is 8.22. The minimum Gasteiger partial charge on any atom is -0.365 e. The van der Waals surface area contributed by atoms with Crippen LogP contribution in [-0.2, 0) is 12.1 Å². The quantitative estimate of drug-likeness (QED) is 0.453. The largest absolute Gasteiger partial charge is 0.365 e. The predicted octanol–water partition coefficient (Wildman–Crippen LogP) is 4.41. The van der Waals surface area contributed by atoms with Crippen molar-refractivity contribution >= 4 is 17.4 Å². The van der Waals surface area contributed by atoms with Crippen molar-refractivity contribution < 1.29 is 9.18 Å². The highest BCUT2D eigenvalue weighted by atomic mass is 19.1. The molecule has 0 fully saturated rings. The van der Waals surface area contributed by atoms with Gasteiger partial charge >= 0.3 is 0 Å². The first-order valence-corrected chi connectivity index (χ1v) is 10.9. The van der Waals surface area contributed by atoms with Crippen LogP contribution in [0, 0.1) is 17.1 Å². The number of anilines is 2. The Kier molecular flexibility index (Phi) is 7.80. The Hall–Kier alpha value is -3.70. The maximum Gasteiger partial charge on any atom is 0.254 e. The van der Waals surface area contributed by atoms with Crippen molar-refractivity contribution in [3.63, 3.8) is 0 Å². The summed E-state index contributed by atoms with van der Waals surface area (Å²) in [6.07, 6.45) is 3.11. The molecule has 1 heterocycles. The molecule has 0 spiro atoms. The molecule has 2 aromatic carbocycles. The summed E-state index contributed by atoms with van der Waals surface area (Å²) >= 11 is 0. The fraction of sp³-hybridized carbons (Fsp3) is 0.320. The highest BCUT2D eigenvalue weighted by Crippen LogP contribution is 2.32. The molecule has 3 aromatic rings. The molecule has 8 heteroatoms. The van der Waals surface area contributed by atoms with E-state index in [9.17, 15) is 14.4 Å². The zero-order valence-corrected chi connectivity index (χ0v) is 19.0. The van der Waals surface area contributed by atoms with Crippen molar-refractivity contribution in [2.75, 3.05) is 18.9 Å². The number of carbonyl (C=O) groups excluding carboxylic acids is 1. The minimum atomic E-state index is -0.619. The first kappa shape index (κ1) is 24.0. The third-order valence-corrected chi connectivity index (χ3v) is 5.87. The van der Waals surface area contributed by atoms with Gasteiger partial charge in [-0.2, -0.15) is 10.4 Å².